The van der Waals surface area contributed by atoms with E-state index < -0.39 is 18.2 Å². The van der Waals surface area contributed by atoms with Gasteiger partial charge in [-0.15, -0.1) is 0 Å². The summed E-state index contributed by atoms with van der Waals surface area (Å²) in [5.41, 5.74) is 0.967. The highest BCUT2D eigenvalue weighted by atomic mass is 16.5. The van der Waals surface area contributed by atoms with Crippen LogP contribution in [0, 0.1) is 0 Å². The lowest BCUT2D eigenvalue weighted by molar-refractivity contribution is -0.144. The molecule has 0 heterocycles. The van der Waals surface area contributed by atoms with E-state index in [-0.39, 0.29) is 25.2 Å². The van der Waals surface area contributed by atoms with Gasteiger partial charge >= 0.3 is 5.97 Å². The predicted molar refractivity (Wildman–Crippen MR) is 69.7 cm³/mol. The molecule has 2 atom stereocenters. The molecule has 3 N–H and O–H groups in total. The average Bonchev–Trinajstić information content (AvgIpc) is 2.38. The number of ether oxygens (including phenoxy) is 1. The second-order valence-corrected chi connectivity index (χ2v) is 4.48. The molecule has 0 spiro atoms. The van der Waals surface area contributed by atoms with Crippen LogP contribution in [0.3, 0.4) is 0 Å². The Labute approximate surface area is 112 Å². The molecular weight excluding hydrogens is 248 g/mol. The fraction of sp³-hybridized carbons (Fsp3) is 0.500. The van der Waals surface area contributed by atoms with Gasteiger partial charge in [0.15, 0.2) is 0 Å². The van der Waals surface area contributed by atoms with E-state index in [1.807, 2.05) is 0 Å². The van der Waals surface area contributed by atoms with Gasteiger partial charge in [-0.3, -0.25) is 4.79 Å². The van der Waals surface area contributed by atoms with Crippen LogP contribution in [0.4, 0.5) is 0 Å². The number of aliphatic hydroxyl groups is 2. The van der Waals surface area contributed by atoms with Gasteiger partial charge in [-0.1, -0.05) is 12.1 Å². The molecule has 2 unspecified atom stereocenters. The van der Waals surface area contributed by atoms with Crippen LogP contribution in [-0.2, 0) is 16.0 Å². The van der Waals surface area contributed by atoms with Gasteiger partial charge in [-0.05, 0) is 31.0 Å². The van der Waals surface area contributed by atoms with Gasteiger partial charge in [0.05, 0.1) is 18.8 Å². The van der Waals surface area contributed by atoms with E-state index >= 15 is 0 Å². The molecule has 0 amide bonds. The normalized spacial score (nSPS) is 13.8. The Kier molecular flexibility index (Phi) is 6.32. The molecular formula is C14H20O5. The minimum Gasteiger partial charge on any atom is -0.508 e. The monoisotopic (exact) mass is 268 g/mol. The topological polar surface area (TPSA) is 87.0 Å². The number of phenolic OH excluding ortho intramolecular Hbond substituents is 1. The van der Waals surface area contributed by atoms with Gasteiger partial charge in [-0.25, -0.2) is 0 Å². The second kappa shape index (κ2) is 7.76. The molecule has 5 heteroatoms. The molecule has 0 saturated carbocycles. The zero-order valence-corrected chi connectivity index (χ0v) is 11.0. The first-order chi connectivity index (χ1) is 8.99. The molecule has 19 heavy (non-hydrogen) atoms. The van der Waals surface area contributed by atoms with Crippen molar-refractivity contribution in [2.75, 3.05) is 6.61 Å². The molecule has 0 aliphatic heterocycles. The van der Waals surface area contributed by atoms with E-state index in [4.69, 9.17) is 14.9 Å². The largest absolute Gasteiger partial charge is 0.508 e. The molecule has 0 aliphatic rings. The van der Waals surface area contributed by atoms with E-state index in [2.05, 4.69) is 0 Å². The van der Waals surface area contributed by atoms with Crippen molar-refractivity contribution in [1.29, 1.82) is 0 Å². The standard InChI is InChI=1S/C14H20O5/c1-10(15)13(17)6-7-14(18)19-9-8-11-2-4-12(16)5-3-11/h2-5,10,13,15-17H,6-9H2,1H3. The minimum atomic E-state index is -0.898. The van der Waals surface area contributed by atoms with Gasteiger partial charge in [0.1, 0.15) is 5.75 Å². The molecule has 1 aromatic carbocycles. The van der Waals surface area contributed by atoms with E-state index in [1.165, 1.54) is 6.92 Å². The van der Waals surface area contributed by atoms with Crippen LogP contribution in [0.2, 0.25) is 0 Å². The Morgan fingerprint density at radius 1 is 1.26 bits per heavy atom. The highest BCUT2D eigenvalue weighted by molar-refractivity contribution is 5.69. The predicted octanol–water partition coefficient (Wildman–Crippen LogP) is 1.000. The third kappa shape index (κ3) is 6.22. The van der Waals surface area contributed by atoms with Crippen molar-refractivity contribution in [1.82, 2.24) is 0 Å². The number of carbonyl (C=O) groups is 1. The molecule has 1 aromatic rings. The molecule has 5 nitrogen and oxygen atoms in total. The second-order valence-electron chi connectivity index (χ2n) is 4.48. The van der Waals surface area contributed by atoms with E-state index in [0.29, 0.717) is 6.42 Å². The first kappa shape index (κ1) is 15.5. The number of benzene rings is 1. The Morgan fingerprint density at radius 3 is 2.47 bits per heavy atom. The van der Waals surface area contributed by atoms with Crippen molar-refractivity contribution in [3.63, 3.8) is 0 Å². The van der Waals surface area contributed by atoms with Crippen LogP contribution in [0.5, 0.6) is 5.75 Å². The molecule has 1 rings (SSSR count). The van der Waals surface area contributed by atoms with Crippen molar-refractivity contribution in [3.8, 4) is 5.75 Å². The molecule has 0 fully saturated rings. The minimum absolute atomic E-state index is 0.0850. The van der Waals surface area contributed by atoms with Gasteiger partial charge < -0.3 is 20.1 Å². The van der Waals surface area contributed by atoms with Crippen LogP contribution in [-0.4, -0.2) is 40.1 Å². The van der Waals surface area contributed by atoms with Crippen LogP contribution in [0.15, 0.2) is 24.3 Å². The zero-order chi connectivity index (χ0) is 14.3. The van der Waals surface area contributed by atoms with Crippen LogP contribution in [0.1, 0.15) is 25.3 Å². The van der Waals surface area contributed by atoms with Crippen molar-refractivity contribution in [2.45, 2.75) is 38.4 Å². The van der Waals surface area contributed by atoms with E-state index in [1.54, 1.807) is 24.3 Å². The first-order valence-corrected chi connectivity index (χ1v) is 6.28. The maximum Gasteiger partial charge on any atom is 0.305 e. The zero-order valence-electron chi connectivity index (χ0n) is 11.0. The Morgan fingerprint density at radius 2 is 1.89 bits per heavy atom. The lowest BCUT2D eigenvalue weighted by atomic mass is 10.1. The summed E-state index contributed by atoms with van der Waals surface area (Å²) in [6, 6.07) is 6.69. The Balaban J connectivity index is 2.18. The van der Waals surface area contributed by atoms with Gasteiger partial charge in [0, 0.05) is 12.8 Å². The van der Waals surface area contributed by atoms with Gasteiger partial charge in [0.25, 0.3) is 0 Å². The summed E-state index contributed by atoms with van der Waals surface area (Å²) in [6.45, 7) is 1.73. The quantitative estimate of drug-likeness (QED) is 0.642. The Bertz CT molecular complexity index is 385. The summed E-state index contributed by atoms with van der Waals surface area (Å²) in [7, 11) is 0. The summed E-state index contributed by atoms with van der Waals surface area (Å²) in [5, 5.41) is 27.5. The van der Waals surface area contributed by atoms with Crippen molar-refractivity contribution < 1.29 is 24.9 Å². The maximum atomic E-state index is 11.4. The van der Waals surface area contributed by atoms with Crippen LogP contribution < -0.4 is 0 Å². The number of carbonyl (C=O) groups excluding carboxylic acids is 1. The number of hydrogen-bond acceptors (Lipinski definition) is 5. The summed E-state index contributed by atoms with van der Waals surface area (Å²) >= 11 is 0. The fourth-order valence-corrected chi connectivity index (χ4v) is 1.52. The number of aliphatic hydroxyl groups excluding tert-OH is 2. The highest BCUT2D eigenvalue weighted by Crippen LogP contribution is 2.10. The molecule has 0 radical (unpaired) electrons. The summed E-state index contributed by atoms with van der Waals surface area (Å²) in [6.07, 6.45) is -0.892. The maximum absolute atomic E-state index is 11.4. The summed E-state index contributed by atoms with van der Waals surface area (Å²) in [4.78, 5) is 11.4. The molecule has 106 valence electrons. The smallest absolute Gasteiger partial charge is 0.305 e. The highest BCUT2D eigenvalue weighted by Gasteiger charge is 2.13. The summed E-state index contributed by atoms with van der Waals surface area (Å²) in [5.74, 6) is -0.189. The van der Waals surface area contributed by atoms with Gasteiger partial charge in [-0.2, -0.15) is 0 Å². The first-order valence-electron chi connectivity index (χ1n) is 6.28. The lowest BCUT2D eigenvalue weighted by Gasteiger charge is -2.12. The van der Waals surface area contributed by atoms with Crippen molar-refractivity contribution in [2.24, 2.45) is 0 Å². The van der Waals surface area contributed by atoms with Crippen LogP contribution >= 0.6 is 0 Å². The number of esters is 1. The lowest BCUT2D eigenvalue weighted by Crippen LogP contribution is -2.23. The number of phenols is 1. The third-order valence-electron chi connectivity index (χ3n) is 2.79. The van der Waals surface area contributed by atoms with E-state index in [9.17, 15) is 9.90 Å². The molecule has 0 aromatic heterocycles. The van der Waals surface area contributed by atoms with Crippen molar-refractivity contribution in [3.05, 3.63) is 29.8 Å². The fourth-order valence-electron chi connectivity index (χ4n) is 1.52. The number of hydrogen-bond donors (Lipinski definition) is 3. The number of rotatable bonds is 7. The van der Waals surface area contributed by atoms with Gasteiger partial charge in [0.2, 0.25) is 0 Å². The van der Waals surface area contributed by atoms with E-state index in [0.717, 1.165) is 5.56 Å². The van der Waals surface area contributed by atoms with Crippen molar-refractivity contribution >= 4 is 5.97 Å². The average molecular weight is 268 g/mol. The molecule has 0 aliphatic carbocycles. The third-order valence-corrected chi connectivity index (χ3v) is 2.79. The Hall–Kier alpha value is -1.59. The number of aromatic hydroxyl groups is 1. The van der Waals surface area contributed by atoms with Crippen LogP contribution in [0.25, 0.3) is 0 Å². The molecule has 0 saturated heterocycles. The summed E-state index contributed by atoms with van der Waals surface area (Å²) < 4.78 is 5.01. The SMILES string of the molecule is CC(O)C(O)CCC(=O)OCCc1ccc(O)cc1. The molecule has 0 bridgehead atoms.